The first kappa shape index (κ1) is 25.1. The number of halogens is 1. The highest BCUT2D eigenvalue weighted by atomic mass is 127. The van der Waals surface area contributed by atoms with E-state index in [4.69, 9.17) is 14.5 Å². The summed E-state index contributed by atoms with van der Waals surface area (Å²) in [5.74, 6) is 2.08. The third kappa shape index (κ3) is 6.64. The number of benzene rings is 2. The second-order valence-corrected chi connectivity index (χ2v) is 7.13. The van der Waals surface area contributed by atoms with Crippen molar-refractivity contribution in [3.8, 4) is 11.5 Å². The Bertz CT molecular complexity index is 827. The summed E-state index contributed by atoms with van der Waals surface area (Å²) in [6, 6.07) is 15.9. The van der Waals surface area contributed by atoms with Gasteiger partial charge >= 0.3 is 0 Å². The summed E-state index contributed by atoms with van der Waals surface area (Å²) >= 11 is 0. The molecule has 3 rings (SSSR count). The molecule has 7 nitrogen and oxygen atoms in total. The van der Waals surface area contributed by atoms with Gasteiger partial charge < -0.3 is 29.7 Å². The smallest absolute Gasteiger partial charge is 0.194 e. The largest absolute Gasteiger partial charge is 0.493 e. The van der Waals surface area contributed by atoms with Gasteiger partial charge in [-0.1, -0.05) is 24.3 Å². The van der Waals surface area contributed by atoms with E-state index in [0.29, 0.717) is 11.5 Å². The number of aliphatic imine (C=N–C) groups is 1. The highest BCUT2D eigenvalue weighted by Gasteiger charge is 2.20. The van der Waals surface area contributed by atoms with Crippen LogP contribution in [0.2, 0.25) is 0 Å². The topological polar surface area (TPSA) is 69.6 Å². The number of hydrogen-bond acceptors (Lipinski definition) is 5. The molecule has 170 valence electrons. The van der Waals surface area contributed by atoms with Crippen molar-refractivity contribution >= 4 is 35.6 Å². The molecule has 1 aliphatic heterocycles. The van der Waals surface area contributed by atoms with Gasteiger partial charge in [-0.2, -0.15) is 0 Å². The summed E-state index contributed by atoms with van der Waals surface area (Å²) in [6.45, 7) is 6.75. The van der Waals surface area contributed by atoms with Crippen molar-refractivity contribution in [2.45, 2.75) is 13.0 Å². The molecule has 2 aromatic rings. The maximum Gasteiger partial charge on any atom is 0.194 e. The number of aliphatic hydroxyl groups is 1. The van der Waals surface area contributed by atoms with E-state index in [1.165, 1.54) is 5.69 Å². The average molecular weight is 540 g/mol. The number of anilines is 1. The number of hydrogen-bond donors (Lipinski definition) is 2. The highest BCUT2D eigenvalue weighted by Crippen LogP contribution is 2.30. The fourth-order valence-corrected chi connectivity index (χ4v) is 3.58. The average Bonchev–Trinajstić information content (AvgIpc) is 2.81. The van der Waals surface area contributed by atoms with Crippen LogP contribution in [0.4, 0.5) is 5.69 Å². The first-order chi connectivity index (χ1) is 14.7. The number of methoxy groups -OCH3 is 2. The van der Waals surface area contributed by atoms with Gasteiger partial charge in [0.15, 0.2) is 17.5 Å². The molecule has 31 heavy (non-hydrogen) atoms. The van der Waals surface area contributed by atoms with Crippen LogP contribution in [0.5, 0.6) is 11.5 Å². The minimum atomic E-state index is -0.718. The predicted octanol–water partition coefficient (Wildman–Crippen LogP) is 3.14. The molecular weight excluding hydrogens is 507 g/mol. The lowest BCUT2D eigenvalue weighted by molar-refractivity contribution is 0.186. The lowest BCUT2D eigenvalue weighted by atomic mass is 10.1. The summed E-state index contributed by atoms with van der Waals surface area (Å²) in [4.78, 5) is 9.34. The van der Waals surface area contributed by atoms with Gasteiger partial charge in [0.05, 0.1) is 26.9 Å². The maximum absolute atomic E-state index is 10.7. The van der Waals surface area contributed by atoms with Crippen molar-refractivity contribution in [1.82, 2.24) is 10.2 Å². The van der Waals surface area contributed by atoms with Crippen molar-refractivity contribution in [3.63, 3.8) is 0 Å². The fraction of sp³-hybridized carbons (Fsp3) is 0.435. The lowest BCUT2D eigenvalue weighted by Gasteiger charge is -2.37. The molecule has 0 spiro atoms. The first-order valence-electron chi connectivity index (χ1n) is 10.4. The number of aliphatic hydroxyl groups excluding tert-OH is 1. The summed E-state index contributed by atoms with van der Waals surface area (Å²) in [5, 5.41) is 14.0. The Hall–Kier alpha value is -2.20. The van der Waals surface area contributed by atoms with Gasteiger partial charge in [-0.3, -0.25) is 4.99 Å². The molecule has 0 amide bonds. The molecule has 0 radical (unpaired) electrons. The number of nitrogens with one attached hydrogen (secondary N) is 1. The van der Waals surface area contributed by atoms with E-state index < -0.39 is 6.10 Å². The van der Waals surface area contributed by atoms with Crippen LogP contribution in [0.25, 0.3) is 0 Å². The van der Waals surface area contributed by atoms with Gasteiger partial charge in [0.25, 0.3) is 0 Å². The van der Waals surface area contributed by atoms with Crippen LogP contribution in [0, 0.1) is 0 Å². The lowest BCUT2D eigenvalue weighted by Crippen LogP contribution is -2.52. The zero-order valence-electron chi connectivity index (χ0n) is 18.5. The Labute approximate surface area is 202 Å². The standard InChI is InChI=1S/C23H32N4O3.HI/c1-4-24-23(27-14-12-26(13-15-27)19-8-6-5-7-9-19)25-17-20(28)18-10-11-21(29-2)22(16-18)30-3;/h5-11,16,20,28H,4,12-15,17H2,1-3H3,(H,24,25);1H. The van der Waals surface area contributed by atoms with Crippen molar-refractivity contribution in [2.75, 3.05) is 58.4 Å². The SMILES string of the molecule is CCNC(=NCC(O)c1ccc(OC)c(OC)c1)N1CCN(c2ccccc2)CC1.I. The van der Waals surface area contributed by atoms with Gasteiger partial charge in [-0.05, 0) is 36.8 Å². The molecule has 1 aliphatic rings. The van der Waals surface area contributed by atoms with E-state index in [1.54, 1.807) is 26.4 Å². The molecule has 8 heteroatoms. The van der Waals surface area contributed by atoms with E-state index in [0.717, 1.165) is 44.2 Å². The Morgan fingerprint density at radius 3 is 2.32 bits per heavy atom. The first-order valence-corrected chi connectivity index (χ1v) is 10.4. The Balaban J connectivity index is 0.00000341. The molecule has 1 heterocycles. The summed E-state index contributed by atoms with van der Waals surface area (Å²) in [7, 11) is 3.18. The van der Waals surface area contributed by atoms with E-state index in [2.05, 4.69) is 46.3 Å². The predicted molar refractivity (Wildman–Crippen MR) is 136 cm³/mol. The van der Waals surface area contributed by atoms with Gasteiger partial charge in [0, 0.05) is 38.4 Å². The molecule has 1 fully saturated rings. The molecule has 0 aliphatic carbocycles. The van der Waals surface area contributed by atoms with Gasteiger partial charge in [0.1, 0.15) is 0 Å². The zero-order valence-corrected chi connectivity index (χ0v) is 20.8. The molecule has 0 saturated carbocycles. The highest BCUT2D eigenvalue weighted by molar-refractivity contribution is 14.0. The number of piperazine rings is 1. The second kappa shape index (κ2) is 12.6. The summed E-state index contributed by atoms with van der Waals surface area (Å²) in [6.07, 6.45) is -0.718. The Morgan fingerprint density at radius 1 is 1.03 bits per heavy atom. The summed E-state index contributed by atoms with van der Waals surface area (Å²) in [5.41, 5.74) is 2.00. The van der Waals surface area contributed by atoms with Crippen LogP contribution < -0.4 is 19.7 Å². The maximum atomic E-state index is 10.7. The van der Waals surface area contributed by atoms with Crippen molar-refractivity contribution in [3.05, 3.63) is 54.1 Å². The van der Waals surface area contributed by atoms with Crippen LogP contribution >= 0.6 is 24.0 Å². The normalized spacial score (nSPS) is 15.2. The molecular formula is C23H33IN4O3. The number of rotatable bonds is 7. The van der Waals surface area contributed by atoms with Crippen LogP contribution in [0.15, 0.2) is 53.5 Å². The van der Waals surface area contributed by atoms with Crippen LogP contribution in [0.1, 0.15) is 18.6 Å². The van der Waals surface area contributed by atoms with Crippen molar-refractivity contribution < 1.29 is 14.6 Å². The Morgan fingerprint density at radius 2 is 1.71 bits per heavy atom. The number of ether oxygens (including phenoxy) is 2. The second-order valence-electron chi connectivity index (χ2n) is 7.13. The minimum absolute atomic E-state index is 0. The molecule has 0 bridgehead atoms. The molecule has 1 atom stereocenters. The molecule has 1 unspecified atom stereocenters. The van der Waals surface area contributed by atoms with Gasteiger partial charge in [-0.15, -0.1) is 24.0 Å². The van der Waals surface area contributed by atoms with E-state index in [-0.39, 0.29) is 30.5 Å². The quantitative estimate of drug-likeness (QED) is 0.320. The molecule has 0 aromatic heterocycles. The van der Waals surface area contributed by atoms with Gasteiger partial charge in [-0.25, -0.2) is 0 Å². The van der Waals surface area contributed by atoms with Crippen LogP contribution in [0.3, 0.4) is 0 Å². The molecule has 2 aromatic carbocycles. The third-order valence-corrected chi connectivity index (χ3v) is 5.24. The van der Waals surface area contributed by atoms with E-state index >= 15 is 0 Å². The fourth-order valence-electron chi connectivity index (χ4n) is 3.58. The van der Waals surface area contributed by atoms with Crippen molar-refractivity contribution in [2.24, 2.45) is 4.99 Å². The number of nitrogens with zero attached hydrogens (tertiary/aromatic N) is 3. The zero-order chi connectivity index (χ0) is 21.3. The number of para-hydroxylation sites is 1. The molecule has 1 saturated heterocycles. The van der Waals surface area contributed by atoms with Crippen LogP contribution in [-0.2, 0) is 0 Å². The molecule has 2 N–H and O–H groups in total. The minimum Gasteiger partial charge on any atom is -0.493 e. The van der Waals surface area contributed by atoms with E-state index in [1.807, 2.05) is 12.1 Å². The monoisotopic (exact) mass is 540 g/mol. The third-order valence-electron chi connectivity index (χ3n) is 5.24. The van der Waals surface area contributed by atoms with Crippen LogP contribution in [-0.4, -0.2) is 69.5 Å². The summed E-state index contributed by atoms with van der Waals surface area (Å²) < 4.78 is 10.6. The van der Waals surface area contributed by atoms with Gasteiger partial charge in [0.2, 0.25) is 0 Å². The van der Waals surface area contributed by atoms with Crippen molar-refractivity contribution in [1.29, 1.82) is 0 Å². The Kier molecular flexibility index (Phi) is 10.2. The van der Waals surface area contributed by atoms with E-state index in [9.17, 15) is 5.11 Å². The number of guanidine groups is 1.